The minimum Gasteiger partial charge on any atom is -0.309 e. The molecule has 0 atom stereocenters. The van der Waals surface area contributed by atoms with Crippen molar-refractivity contribution in [1.82, 2.24) is 5.32 Å². The first-order valence-corrected chi connectivity index (χ1v) is 4.92. The number of rotatable bonds is 3. The first kappa shape index (κ1) is 9.05. The Hall–Kier alpha value is -0.0400. The molecule has 1 rings (SSSR count). The summed E-state index contributed by atoms with van der Waals surface area (Å²) >= 11 is 0. The van der Waals surface area contributed by atoms with Gasteiger partial charge in [-0.15, -0.1) is 0 Å². The Bertz CT molecular complexity index is 112. The van der Waals surface area contributed by atoms with Gasteiger partial charge in [-0.05, 0) is 33.1 Å². The van der Waals surface area contributed by atoms with Crippen LogP contribution in [0.1, 0.15) is 52.9 Å². The Labute approximate surface area is 70.6 Å². The van der Waals surface area contributed by atoms with Crippen LogP contribution < -0.4 is 5.32 Å². The fourth-order valence-corrected chi connectivity index (χ4v) is 1.72. The molecule has 0 radical (unpaired) electrons. The van der Waals surface area contributed by atoms with Gasteiger partial charge in [0.1, 0.15) is 0 Å². The molecule has 0 aromatic carbocycles. The van der Waals surface area contributed by atoms with E-state index in [0.29, 0.717) is 5.54 Å². The molecule has 1 aliphatic carbocycles. The van der Waals surface area contributed by atoms with Gasteiger partial charge in [-0.2, -0.15) is 0 Å². The zero-order valence-corrected chi connectivity index (χ0v) is 8.11. The molecule has 1 N–H and O–H groups in total. The minimum absolute atomic E-state index is 0.356. The summed E-state index contributed by atoms with van der Waals surface area (Å²) in [5.41, 5.74) is 0.356. The van der Waals surface area contributed by atoms with Crippen molar-refractivity contribution >= 4 is 0 Å². The second-order valence-electron chi connectivity index (χ2n) is 4.36. The molecule has 0 aliphatic heterocycles. The molecule has 0 amide bonds. The van der Waals surface area contributed by atoms with Gasteiger partial charge in [-0.1, -0.05) is 19.8 Å². The van der Waals surface area contributed by atoms with Crippen LogP contribution in [0, 0.1) is 0 Å². The summed E-state index contributed by atoms with van der Waals surface area (Å²) in [5, 5.41) is 3.70. The summed E-state index contributed by atoms with van der Waals surface area (Å²) in [6.07, 6.45) is 6.87. The van der Waals surface area contributed by atoms with Crippen molar-refractivity contribution in [1.29, 1.82) is 0 Å². The van der Waals surface area contributed by atoms with E-state index in [1.807, 2.05) is 0 Å². The summed E-state index contributed by atoms with van der Waals surface area (Å²) in [6.45, 7) is 6.85. The summed E-state index contributed by atoms with van der Waals surface area (Å²) in [4.78, 5) is 0. The van der Waals surface area contributed by atoms with Crippen LogP contribution in [-0.4, -0.2) is 11.6 Å². The van der Waals surface area contributed by atoms with Crippen LogP contribution in [0.25, 0.3) is 0 Å². The van der Waals surface area contributed by atoms with Gasteiger partial charge in [0.05, 0.1) is 0 Å². The van der Waals surface area contributed by atoms with E-state index >= 15 is 0 Å². The van der Waals surface area contributed by atoms with Crippen molar-refractivity contribution < 1.29 is 0 Å². The molecular weight excluding hydrogens is 134 g/mol. The highest BCUT2D eigenvalue weighted by Crippen LogP contribution is 2.21. The average molecular weight is 155 g/mol. The van der Waals surface area contributed by atoms with Crippen molar-refractivity contribution in [3.8, 4) is 0 Å². The largest absolute Gasteiger partial charge is 0.309 e. The van der Waals surface area contributed by atoms with E-state index in [-0.39, 0.29) is 0 Å². The van der Waals surface area contributed by atoms with Crippen LogP contribution in [0.15, 0.2) is 0 Å². The lowest BCUT2D eigenvalue weighted by atomic mass is 10.0. The molecule has 11 heavy (non-hydrogen) atoms. The number of hydrogen-bond donors (Lipinski definition) is 1. The molecule has 66 valence electrons. The van der Waals surface area contributed by atoms with E-state index in [1.54, 1.807) is 0 Å². The van der Waals surface area contributed by atoms with Crippen molar-refractivity contribution in [2.75, 3.05) is 0 Å². The Morgan fingerprint density at radius 3 is 2.27 bits per heavy atom. The highest BCUT2D eigenvalue weighted by molar-refractivity contribution is 4.83. The first-order valence-electron chi connectivity index (χ1n) is 4.92. The molecule has 1 heteroatoms. The zero-order chi connectivity index (χ0) is 8.32. The maximum Gasteiger partial charge on any atom is 0.0125 e. The highest BCUT2D eigenvalue weighted by atomic mass is 15.0. The third-order valence-corrected chi connectivity index (χ3v) is 2.83. The maximum atomic E-state index is 3.70. The molecule has 0 spiro atoms. The third kappa shape index (κ3) is 2.82. The van der Waals surface area contributed by atoms with Crippen LogP contribution in [0.5, 0.6) is 0 Å². The van der Waals surface area contributed by atoms with Crippen molar-refractivity contribution in [3.63, 3.8) is 0 Å². The van der Waals surface area contributed by atoms with Gasteiger partial charge in [0.2, 0.25) is 0 Å². The van der Waals surface area contributed by atoms with E-state index in [1.165, 1.54) is 32.1 Å². The Kier molecular flexibility index (Phi) is 2.94. The van der Waals surface area contributed by atoms with Gasteiger partial charge in [-0.25, -0.2) is 0 Å². The molecule has 0 aromatic heterocycles. The van der Waals surface area contributed by atoms with E-state index in [2.05, 4.69) is 26.1 Å². The average Bonchev–Trinajstić information content (AvgIpc) is 2.39. The summed E-state index contributed by atoms with van der Waals surface area (Å²) < 4.78 is 0. The predicted molar refractivity (Wildman–Crippen MR) is 49.8 cm³/mol. The molecule has 0 aromatic rings. The fourth-order valence-electron chi connectivity index (χ4n) is 1.72. The SMILES string of the molecule is CCC(C)(C)NC1CCCC1. The summed E-state index contributed by atoms with van der Waals surface area (Å²) in [7, 11) is 0. The lowest BCUT2D eigenvalue weighted by Crippen LogP contribution is -2.44. The van der Waals surface area contributed by atoms with Gasteiger partial charge in [0.15, 0.2) is 0 Å². The fraction of sp³-hybridized carbons (Fsp3) is 1.00. The van der Waals surface area contributed by atoms with Crippen LogP contribution >= 0.6 is 0 Å². The lowest BCUT2D eigenvalue weighted by Gasteiger charge is -2.28. The maximum absolute atomic E-state index is 3.70. The molecular formula is C10H21N. The second kappa shape index (κ2) is 3.57. The van der Waals surface area contributed by atoms with E-state index in [0.717, 1.165) is 6.04 Å². The minimum atomic E-state index is 0.356. The summed E-state index contributed by atoms with van der Waals surface area (Å²) in [5.74, 6) is 0. The number of hydrogen-bond acceptors (Lipinski definition) is 1. The summed E-state index contributed by atoms with van der Waals surface area (Å²) in [6, 6.07) is 0.810. The van der Waals surface area contributed by atoms with Crippen molar-refractivity contribution in [3.05, 3.63) is 0 Å². The quantitative estimate of drug-likeness (QED) is 0.660. The van der Waals surface area contributed by atoms with E-state index in [4.69, 9.17) is 0 Å². The topological polar surface area (TPSA) is 12.0 Å². The molecule has 0 heterocycles. The van der Waals surface area contributed by atoms with Crippen LogP contribution in [0.3, 0.4) is 0 Å². The first-order chi connectivity index (χ1) is 5.14. The Morgan fingerprint density at radius 1 is 1.27 bits per heavy atom. The molecule has 1 fully saturated rings. The lowest BCUT2D eigenvalue weighted by molar-refractivity contribution is 0.325. The van der Waals surface area contributed by atoms with Crippen molar-refractivity contribution in [2.45, 2.75) is 64.5 Å². The monoisotopic (exact) mass is 155 g/mol. The second-order valence-corrected chi connectivity index (χ2v) is 4.36. The Morgan fingerprint density at radius 2 is 1.82 bits per heavy atom. The highest BCUT2D eigenvalue weighted by Gasteiger charge is 2.22. The molecule has 1 nitrogen and oxygen atoms in total. The van der Waals surface area contributed by atoms with Gasteiger partial charge >= 0.3 is 0 Å². The normalized spacial score (nSPS) is 21.0. The molecule has 0 saturated heterocycles. The van der Waals surface area contributed by atoms with E-state index in [9.17, 15) is 0 Å². The zero-order valence-electron chi connectivity index (χ0n) is 8.11. The van der Waals surface area contributed by atoms with Crippen molar-refractivity contribution in [2.24, 2.45) is 0 Å². The van der Waals surface area contributed by atoms with Gasteiger partial charge in [0.25, 0.3) is 0 Å². The number of nitrogens with one attached hydrogen (secondary N) is 1. The molecule has 0 unspecified atom stereocenters. The van der Waals surface area contributed by atoms with Gasteiger partial charge in [-0.3, -0.25) is 0 Å². The van der Waals surface area contributed by atoms with Gasteiger partial charge in [0, 0.05) is 11.6 Å². The van der Waals surface area contributed by atoms with Crippen LogP contribution in [0.4, 0.5) is 0 Å². The van der Waals surface area contributed by atoms with Crippen LogP contribution in [0.2, 0.25) is 0 Å². The van der Waals surface area contributed by atoms with Gasteiger partial charge < -0.3 is 5.32 Å². The predicted octanol–water partition coefficient (Wildman–Crippen LogP) is 2.71. The smallest absolute Gasteiger partial charge is 0.0125 e. The molecule has 1 aliphatic rings. The third-order valence-electron chi connectivity index (χ3n) is 2.83. The molecule has 0 bridgehead atoms. The Balaban J connectivity index is 2.28. The van der Waals surface area contributed by atoms with E-state index < -0.39 is 0 Å². The standard InChI is InChI=1S/C10H21N/c1-4-10(2,3)11-9-7-5-6-8-9/h9,11H,4-8H2,1-3H3. The molecule has 1 saturated carbocycles. The van der Waals surface area contributed by atoms with Crippen LogP contribution in [-0.2, 0) is 0 Å².